The minimum atomic E-state index is -4.31. The topological polar surface area (TPSA) is 155 Å². The van der Waals surface area contributed by atoms with Gasteiger partial charge in [0.25, 0.3) is 0 Å². The molecule has 0 aliphatic carbocycles. The molecule has 11 nitrogen and oxygen atoms in total. The van der Waals surface area contributed by atoms with E-state index in [1.54, 1.807) is 61.5 Å². The van der Waals surface area contributed by atoms with Crippen LogP contribution in [0.5, 0.6) is 5.75 Å². The second-order valence-corrected chi connectivity index (χ2v) is 11.9. The number of alkyl halides is 1. The van der Waals surface area contributed by atoms with E-state index in [-0.39, 0.29) is 24.6 Å². The first kappa shape index (κ1) is 29.8. The summed E-state index contributed by atoms with van der Waals surface area (Å²) in [4.78, 5) is 28.7. The van der Waals surface area contributed by atoms with Crippen molar-refractivity contribution in [2.24, 2.45) is 0 Å². The Morgan fingerprint density at radius 3 is 2.52 bits per heavy atom. The normalized spacial score (nSPS) is 22.8. The van der Waals surface area contributed by atoms with Gasteiger partial charge in [-0.1, -0.05) is 48.5 Å². The smallest absolute Gasteiger partial charge is 0.459 e. The number of aliphatic hydroxyl groups excluding tert-OH is 1. The van der Waals surface area contributed by atoms with Gasteiger partial charge in [-0.2, -0.15) is 10.1 Å². The quantitative estimate of drug-likeness (QED) is 0.210. The molecule has 214 valence electrons. The molecule has 2 unspecified atom stereocenters. The number of rotatable bonds is 12. The van der Waals surface area contributed by atoms with Gasteiger partial charge in [0, 0.05) is 6.20 Å². The summed E-state index contributed by atoms with van der Waals surface area (Å²) in [5.41, 5.74) is 5.52. The summed E-state index contributed by atoms with van der Waals surface area (Å²) in [5.74, 6) is -0.487. The fourth-order valence-corrected chi connectivity index (χ4v) is 7.07. The number of benzene rings is 2. The molecular weight excluding hydrogens is 562 g/mol. The molecule has 1 saturated heterocycles. The van der Waals surface area contributed by atoms with Crippen molar-refractivity contribution in [3.8, 4) is 5.75 Å². The van der Waals surface area contributed by atoms with Crippen LogP contribution in [-0.4, -0.2) is 57.4 Å². The van der Waals surface area contributed by atoms with Crippen molar-refractivity contribution in [3.05, 3.63) is 89.0 Å². The number of aromatic nitrogens is 2. The highest BCUT2D eigenvalue weighted by atomic mass is 32.2. The lowest BCUT2D eigenvalue weighted by atomic mass is 10.1. The number of nitrogens with zero attached hydrogens (tertiary/aromatic N) is 2. The number of nitrogens with two attached hydrogens (primary N) is 1. The number of aliphatic hydroxyl groups is 1. The van der Waals surface area contributed by atoms with Crippen molar-refractivity contribution in [3.63, 3.8) is 0 Å². The van der Waals surface area contributed by atoms with Gasteiger partial charge >= 0.3 is 19.4 Å². The van der Waals surface area contributed by atoms with Gasteiger partial charge in [0.2, 0.25) is 0 Å². The Morgan fingerprint density at radius 2 is 1.88 bits per heavy atom. The number of esters is 1. The average molecular weight is 593 g/mol. The summed E-state index contributed by atoms with van der Waals surface area (Å²) in [6.45, 7) is 1.32. The van der Waals surface area contributed by atoms with Crippen molar-refractivity contribution in [2.75, 3.05) is 18.9 Å². The molecule has 2 aromatic carbocycles. The Bertz CT molecular complexity index is 1380. The van der Waals surface area contributed by atoms with Crippen LogP contribution in [0.2, 0.25) is 0 Å². The van der Waals surface area contributed by atoms with Crippen molar-refractivity contribution < 1.29 is 32.6 Å². The SMILES string of the molecule is CCOC(=O)[C@H](Cc1ccccc1)NP(=O)(OCC1S[C@@H](n2ccc(N)nc2=O)[C@@H](F)[C@@H]1O)Oc1ccccc1. The average Bonchev–Trinajstić information content (AvgIpc) is 3.21. The third kappa shape index (κ3) is 7.49. The highest BCUT2D eigenvalue weighted by Gasteiger charge is 2.46. The number of hydrogen-bond donors (Lipinski definition) is 3. The molecule has 1 aromatic heterocycles. The summed E-state index contributed by atoms with van der Waals surface area (Å²) >= 11 is 0.919. The van der Waals surface area contributed by atoms with Crippen LogP contribution in [0.25, 0.3) is 0 Å². The number of nitrogen functional groups attached to an aromatic ring is 1. The Kier molecular flexibility index (Phi) is 9.99. The maximum absolute atomic E-state index is 15.1. The predicted octanol–water partition coefficient (Wildman–Crippen LogP) is 3.11. The van der Waals surface area contributed by atoms with E-state index in [1.165, 1.54) is 12.3 Å². The number of anilines is 1. The van der Waals surface area contributed by atoms with E-state index in [1.807, 2.05) is 6.07 Å². The standard InChI is InChI=1S/C26H30FN4O7PS/c1-2-36-25(33)19(15-17-9-5-3-6-10-17)30-39(35,38-18-11-7-4-8-12-18)37-16-20-23(32)22(27)24(40-20)31-14-13-21(28)29-26(31)34/h3-14,19-20,22-24,32H,2,15-16H2,1H3,(H,30,35)(H2,28,29,34)/t19-,20?,22-,23+,24+,39?/m0/s1. The number of nitrogens with one attached hydrogen (secondary N) is 1. The molecule has 40 heavy (non-hydrogen) atoms. The van der Waals surface area contributed by atoms with Crippen molar-refractivity contribution in [2.45, 2.75) is 42.3 Å². The van der Waals surface area contributed by atoms with E-state index in [4.69, 9.17) is 19.5 Å². The first-order valence-electron chi connectivity index (χ1n) is 12.5. The number of carbonyl (C=O) groups excluding carboxylic acids is 1. The van der Waals surface area contributed by atoms with Crippen molar-refractivity contribution in [1.82, 2.24) is 14.6 Å². The largest absolute Gasteiger partial charge is 0.465 e. The number of thioether (sulfide) groups is 1. The fraction of sp³-hybridized carbons (Fsp3) is 0.346. The second-order valence-electron chi connectivity index (χ2n) is 8.86. The van der Waals surface area contributed by atoms with Crippen LogP contribution < -0.4 is 21.0 Å². The van der Waals surface area contributed by atoms with Crippen LogP contribution in [0.3, 0.4) is 0 Å². The summed E-state index contributed by atoms with van der Waals surface area (Å²) in [5, 5.41) is 11.2. The van der Waals surface area contributed by atoms with Crippen LogP contribution in [0.1, 0.15) is 17.9 Å². The number of hydrogen-bond acceptors (Lipinski definition) is 10. The van der Waals surface area contributed by atoms with Gasteiger partial charge in [0.15, 0.2) is 6.17 Å². The third-order valence-corrected chi connectivity index (χ3v) is 9.06. The first-order valence-corrected chi connectivity index (χ1v) is 15.0. The number of halogens is 1. The third-order valence-electron chi connectivity index (χ3n) is 5.96. The van der Waals surface area contributed by atoms with Gasteiger partial charge in [-0.25, -0.2) is 13.8 Å². The molecule has 2 heterocycles. The molecule has 0 saturated carbocycles. The summed E-state index contributed by atoms with van der Waals surface area (Å²) in [6.07, 6.45) is -2.00. The summed E-state index contributed by atoms with van der Waals surface area (Å²) < 4.78 is 46.8. The van der Waals surface area contributed by atoms with Crippen molar-refractivity contribution >= 4 is 31.3 Å². The number of ether oxygens (including phenoxy) is 1. The van der Waals surface area contributed by atoms with E-state index in [9.17, 15) is 19.3 Å². The van der Waals surface area contributed by atoms with Crippen LogP contribution in [0, 0.1) is 0 Å². The monoisotopic (exact) mass is 592 g/mol. The van der Waals surface area contributed by atoms with Crippen LogP contribution in [-0.2, 0) is 25.0 Å². The highest BCUT2D eigenvalue weighted by molar-refractivity contribution is 8.00. The zero-order valence-corrected chi connectivity index (χ0v) is 23.2. The molecule has 4 rings (SSSR count). The molecule has 0 amide bonds. The minimum absolute atomic E-state index is 0.0168. The van der Waals surface area contributed by atoms with E-state index >= 15 is 4.39 Å². The Balaban J connectivity index is 1.55. The molecule has 0 bridgehead atoms. The van der Waals surface area contributed by atoms with Crippen LogP contribution >= 0.6 is 19.5 Å². The molecule has 1 fully saturated rings. The fourth-order valence-electron chi connectivity index (χ4n) is 4.03. The van der Waals surface area contributed by atoms with E-state index in [0.29, 0.717) is 0 Å². The summed E-state index contributed by atoms with van der Waals surface area (Å²) in [6, 6.07) is 17.5. The maximum atomic E-state index is 15.1. The first-order chi connectivity index (χ1) is 19.2. The van der Waals surface area contributed by atoms with Gasteiger partial charge in [-0.3, -0.25) is 13.9 Å². The molecule has 1 aliphatic rings. The van der Waals surface area contributed by atoms with Gasteiger partial charge < -0.3 is 20.1 Å². The van der Waals surface area contributed by atoms with Crippen LogP contribution in [0.4, 0.5) is 10.2 Å². The van der Waals surface area contributed by atoms with Gasteiger partial charge in [-0.05, 0) is 37.1 Å². The summed E-state index contributed by atoms with van der Waals surface area (Å²) in [7, 11) is -4.31. The molecular formula is C26H30FN4O7PS. The molecule has 14 heteroatoms. The zero-order chi connectivity index (χ0) is 28.7. The van der Waals surface area contributed by atoms with Crippen molar-refractivity contribution in [1.29, 1.82) is 0 Å². The van der Waals surface area contributed by atoms with Gasteiger partial charge in [0.05, 0.1) is 18.5 Å². The number of para-hydroxylation sites is 1. The van der Waals surface area contributed by atoms with E-state index < -0.39 is 55.0 Å². The molecule has 0 radical (unpaired) electrons. The molecule has 4 N–H and O–H groups in total. The lowest BCUT2D eigenvalue weighted by Crippen LogP contribution is -2.40. The van der Waals surface area contributed by atoms with Gasteiger partial charge in [-0.15, -0.1) is 11.8 Å². The Labute approximate surface area is 234 Å². The van der Waals surface area contributed by atoms with E-state index in [0.717, 1.165) is 21.9 Å². The molecule has 6 atom stereocenters. The number of carbonyl (C=O) groups is 1. The lowest BCUT2D eigenvalue weighted by molar-refractivity contribution is -0.145. The highest BCUT2D eigenvalue weighted by Crippen LogP contribution is 2.49. The second kappa shape index (κ2) is 13.4. The molecule has 1 aliphatic heterocycles. The molecule has 0 spiro atoms. The minimum Gasteiger partial charge on any atom is -0.465 e. The van der Waals surface area contributed by atoms with Gasteiger partial charge in [0.1, 0.15) is 29.1 Å². The predicted molar refractivity (Wildman–Crippen MR) is 149 cm³/mol. The lowest BCUT2D eigenvalue weighted by Gasteiger charge is -2.26. The molecule has 3 aromatic rings. The van der Waals surface area contributed by atoms with E-state index in [2.05, 4.69) is 10.1 Å². The van der Waals surface area contributed by atoms with Crippen LogP contribution in [0.15, 0.2) is 77.7 Å². The Morgan fingerprint density at radius 1 is 1.20 bits per heavy atom. The Hall–Kier alpha value is -3.22. The zero-order valence-electron chi connectivity index (χ0n) is 21.5. The maximum Gasteiger partial charge on any atom is 0.459 e.